The fourth-order valence-electron chi connectivity index (χ4n) is 5.95. The highest BCUT2D eigenvalue weighted by Gasteiger charge is 2.21. The summed E-state index contributed by atoms with van der Waals surface area (Å²) >= 11 is 0. The molecule has 0 fully saturated rings. The molecular weight excluding hydrogens is 416 g/mol. The van der Waals surface area contributed by atoms with E-state index in [4.69, 9.17) is 0 Å². The summed E-state index contributed by atoms with van der Waals surface area (Å²) in [7, 11) is 0. The van der Waals surface area contributed by atoms with E-state index in [9.17, 15) is 9.59 Å². The van der Waals surface area contributed by atoms with Crippen molar-refractivity contribution in [3.63, 3.8) is 0 Å². The van der Waals surface area contributed by atoms with Crippen molar-refractivity contribution in [2.75, 3.05) is 0 Å². The second-order valence-corrected chi connectivity index (χ2v) is 9.54. The van der Waals surface area contributed by atoms with E-state index in [0.717, 1.165) is 36.5 Å². The van der Waals surface area contributed by atoms with Crippen LogP contribution in [-0.2, 0) is 25.7 Å². The molecule has 0 saturated carbocycles. The maximum atomic E-state index is 13.5. The molecule has 2 nitrogen and oxygen atoms in total. The number of hydrogen-bond acceptors (Lipinski definition) is 2. The summed E-state index contributed by atoms with van der Waals surface area (Å²) in [4.78, 5) is 26.9. The number of carbonyl (C=O) groups is 2. The van der Waals surface area contributed by atoms with Gasteiger partial charge in [-0.25, -0.2) is 0 Å². The lowest BCUT2D eigenvalue weighted by Gasteiger charge is -2.09. The summed E-state index contributed by atoms with van der Waals surface area (Å²) in [5, 5.41) is 4.85. The smallest absolute Gasteiger partial charge is 0.193 e. The van der Waals surface area contributed by atoms with Crippen LogP contribution in [0, 0.1) is 0 Å². The van der Waals surface area contributed by atoms with Crippen molar-refractivity contribution < 1.29 is 9.59 Å². The van der Waals surface area contributed by atoms with Crippen LogP contribution in [0.4, 0.5) is 0 Å². The molecule has 0 radical (unpaired) electrons. The molecule has 0 bridgehead atoms. The van der Waals surface area contributed by atoms with Gasteiger partial charge in [0.25, 0.3) is 0 Å². The van der Waals surface area contributed by atoms with Crippen molar-refractivity contribution in [2.45, 2.75) is 25.7 Å². The Kier molecular flexibility index (Phi) is 4.13. The van der Waals surface area contributed by atoms with Crippen molar-refractivity contribution >= 4 is 33.1 Å². The second-order valence-electron chi connectivity index (χ2n) is 9.54. The number of benzene rings is 5. The minimum absolute atomic E-state index is 0.0353. The van der Waals surface area contributed by atoms with Crippen molar-refractivity contribution in [3.05, 3.63) is 129 Å². The average Bonchev–Trinajstić information content (AvgIpc) is 3.49. The van der Waals surface area contributed by atoms with E-state index in [1.807, 2.05) is 42.5 Å². The third-order valence-corrected chi connectivity index (χ3v) is 7.53. The monoisotopic (exact) mass is 438 g/mol. The van der Waals surface area contributed by atoms with E-state index >= 15 is 0 Å². The maximum absolute atomic E-state index is 13.5. The van der Waals surface area contributed by atoms with Crippen LogP contribution in [0.15, 0.2) is 84.9 Å². The Balaban J connectivity index is 1.26. The number of carbonyl (C=O) groups excluding carboxylic acids is 2. The third kappa shape index (κ3) is 2.88. The molecule has 0 unspecified atom stereocenters. The number of hydrogen-bond donors (Lipinski definition) is 0. The van der Waals surface area contributed by atoms with Gasteiger partial charge in [-0.3, -0.25) is 9.59 Å². The highest BCUT2D eigenvalue weighted by molar-refractivity contribution is 6.15. The maximum Gasteiger partial charge on any atom is 0.193 e. The molecule has 162 valence electrons. The molecule has 2 heteroatoms. The summed E-state index contributed by atoms with van der Waals surface area (Å²) in [6.07, 6.45) is 4.01. The molecule has 0 aromatic heterocycles. The fourth-order valence-corrected chi connectivity index (χ4v) is 5.95. The van der Waals surface area contributed by atoms with Gasteiger partial charge in [-0.1, -0.05) is 54.6 Å². The predicted molar refractivity (Wildman–Crippen MR) is 136 cm³/mol. The molecule has 5 aromatic rings. The first-order valence-electron chi connectivity index (χ1n) is 11.9. The van der Waals surface area contributed by atoms with Crippen LogP contribution < -0.4 is 0 Å². The van der Waals surface area contributed by atoms with Gasteiger partial charge in [-0.05, 0) is 99.8 Å². The first kappa shape index (κ1) is 19.4. The van der Waals surface area contributed by atoms with E-state index in [-0.39, 0.29) is 11.6 Å². The molecule has 0 aliphatic heterocycles. The van der Waals surface area contributed by atoms with Crippen molar-refractivity contribution in [1.82, 2.24) is 0 Å². The van der Waals surface area contributed by atoms with E-state index < -0.39 is 0 Å². The van der Waals surface area contributed by atoms with Gasteiger partial charge < -0.3 is 0 Å². The Morgan fingerprint density at radius 3 is 1.38 bits per heavy atom. The Bertz CT molecular complexity index is 1570. The summed E-state index contributed by atoms with van der Waals surface area (Å²) in [5.41, 5.74) is 7.72. The van der Waals surface area contributed by atoms with Crippen LogP contribution in [0.2, 0.25) is 0 Å². The Labute approximate surface area is 197 Å². The van der Waals surface area contributed by atoms with Crippen LogP contribution >= 0.6 is 0 Å². The number of rotatable bonds is 4. The van der Waals surface area contributed by atoms with Crippen molar-refractivity contribution in [2.24, 2.45) is 0 Å². The Morgan fingerprint density at radius 1 is 0.441 bits per heavy atom. The molecule has 0 heterocycles. The topological polar surface area (TPSA) is 34.1 Å². The quantitative estimate of drug-likeness (QED) is 0.294. The lowest BCUT2D eigenvalue weighted by molar-refractivity contribution is 0.103. The molecule has 0 N–H and O–H groups in total. The molecule has 0 atom stereocenters. The van der Waals surface area contributed by atoms with E-state index in [0.29, 0.717) is 22.3 Å². The Hall–Kier alpha value is -4.04. The summed E-state index contributed by atoms with van der Waals surface area (Å²) in [6, 6.07) is 27.9. The van der Waals surface area contributed by atoms with E-state index in [2.05, 4.69) is 36.4 Å². The van der Waals surface area contributed by atoms with E-state index in [1.165, 1.54) is 33.0 Å². The zero-order valence-corrected chi connectivity index (χ0v) is 18.7. The molecule has 0 saturated heterocycles. The van der Waals surface area contributed by atoms with Gasteiger partial charge in [0, 0.05) is 22.3 Å². The third-order valence-electron chi connectivity index (χ3n) is 7.53. The van der Waals surface area contributed by atoms with Gasteiger partial charge in [0.15, 0.2) is 11.6 Å². The molecular formula is C32H22O2. The molecule has 2 aliphatic rings. The summed E-state index contributed by atoms with van der Waals surface area (Å²) < 4.78 is 0. The van der Waals surface area contributed by atoms with Gasteiger partial charge in [-0.15, -0.1) is 0 Å². The van der Waals surface area contributed by atoms with Gasteiger partial charge in [0.2, 0.25) is 0 Å². The first-order chi connectivity index (χ1) is 16.7. The largest absolute Gasteiger partial charge is 0.289 e. The van der Waals surface area contributed by atoms with E-state index in [1.54, 1.807) is 6.07 Å². The van der Waals surface area contributed by atoms with Crippen molar-refractivity contribution in [1.29, 1.82) is 0 Å². The fraction of sp³-hybridized carbons (Fsp3) is 0.125. The zero-order valence-electron chi connectivity index (χ0n) is 18.7. The van der Waals surface area contributed by atoms with Gasteiger partial charge in [0.05, 0.1) is 0 Å². The number of aryl methyl sites for hydroxylation is 4. The zero-order chi connectivity index (χ0) is 22.8. The standard InChI is InChI=1S/C32H22O2/c33-31(27-14-21-6-1-4-19-10-12-23(16-27)29(19)21)25-8-3-9-26(18-25)32(34)28-15-22-7-2-5-20-11-13-24(17-28)30(20)22/h1-9,14-18H,10-13H2. The lowest BCUT2D eigenvalue weighted by atomic mass is 9.93. The SMILES string of the molecule is O=C(c1cccc(C(=O)c2cc3c4c(cccc4c2)CC3)c1)c1cc2c3c(cccc3c1)CC2. The minimum Gasteiger partial charge on any atom is -0.289 e. The van der Waals surface area contributed by atoms with Crippen LogP contribution in [0.3, 0.4) is 0 Å². The highest BCUT2D eigenvalue weighted by atomic mass is 16.1. The highest BCUT2D eigenvalue weighted by Crippen LogP contribution is 2.34. The average molecular weight is 439 g/mol. The molecule has 7 rings (SSSR count). The second kappa shape index (κ2) is 7.23. The molecule has 0 spiro atoms. The van der Waals surface area contributed by atoms with Gasteiger partial charge in [0.1, 0.15) is 0 Å². The van der Waals surface area contributed by atoms with Crippen LogP contribution in [0.1, 0.15) is 54.1 Å². The molecule has 0 amide bonds. The first-order valence-corrected chi connectivity index (χ1v) is 11.9. The lowest BCUT2D eigenvalue weighted by Crippen LogP contribution is -2.06. The summed E-state index contributed by atoms with van der Waals surface area (Å²) in [6.45, 7) is 0. The number of ketones is 2. The Morgan fingerprint density at radius 2 is 0.882 bits per heavy atom. The molecule has 34 heavy (non-hydrogen) atoms. The van der Waals surface area contributed by atoms with Gasteiger partial charge >= 0.3 is 0 Å². The van der Waals surface area contributed by atoms with Crippen LogP contribution in [-0.4, -0.2) is 11.6 Å². The minimum atomic E-state index is -0.0353. The van der Waals surface area contributed by atoms with Crippen LogP contribution in [0.5, 0.6) is 0 Å². The van der Waals surface area contributed by atoms with Gasteiger partial charge in [-0.2, -0.15) is 0 Å². The summed E-state index contributed by atoms with van der Waals surface area (Å²) in [5.74, 6) is -0.0706. The van der Waals surface area contributed by atoms with Crippen LogP contribution in [0.25, 0.3) is 21.5 Å². The molecule has 2 aliphatic carbocycles. The predicted octanol–water partition coefficient (Wildman–Crippen LogP) is 6.65. The van der Waals surface area contributed by atoms with Crippen molar-refractivity contribution in [3.8, 4) is 0 Å². The molecule has 5 aromatic carbocycles. The normalized spacial score (nSPS) is 13.6.